The minimum absolute atomic E-state index is 0.185. The summed E-state index contributed by atoms with van der Waals surface area (Å²) in [7, 11) is 1.57. The summed E-state index contributed by atoms with van der Waals surface area (Å²) in [6, 6.07) is 5.21. The van der Waals surface area contributed by atoms with Gasteiger partial charge < -0.3 is 10.6 Å². The number of carbonyl (C=O) groups excluding carboxylic acids is 1. The first-order valence-corrected chi connectivity index (χ1v) is 4.93. The molecule has 0 aliphatic carbocycles. The smallest absolute Gasteiger partial charge is 0.252 e. The van der Waals surface area contributed by atoms with Crippen molar-refractivity contribution < 1.29 is 4.79 Å². The Hall–Kier alpha value is -1.48. The highest BCUT2D eigenvalue weighted by molar-refractivity contribution is 6.34. The summed E-state index contributed by atoms with van der Waals surface area (Å²) in [5.74, 6) is -0.185. The third-order valence-corrected chi connectivity index (χ3v) is 2.20. The van der Waals surface area contributed by atoms with E-state index in [1.54, 1.807) is 31.3 Å². The fourth-order valence-corrected chi connectivity index (χ4v) is 1.40. The molecule has 0 spiro atoms. The van der Waals surface area contributed by atoms with Crippen molar-refractivity contribution in [1.29, 1.82) is 0 Å². The van der Waals surface area contributed by atoms with E-state index in [0.29, 0.717) is 17.1 Å². The van der Waals surface area contributed by atoms with E-state index < -0.39 is 0 Å². The third-order valence-electron chi connectivity index (χ3n) is 1.89. The van der Waals surface area contributed by atoms with Gasteiger partial charge in [-0.3, -0.25) is 4.79 Å². The van der Waals surface area contributed by atoms with Crippen LogP contribution in [0.5, 0.6) is 0 Å². The predicted octanol–water partition coefficient (Wildman–Crippen LogP) is 2.30. The molecule has 1 aromatic carbocycles. The summed E-state index contributed by atoms with van der Waals surface area (Å²) < 4.78 is 0. The van der Waals surface area contributed by atoms with Crippen LogP contribution >= 0.6 is 11.6 Å². The Balaban J connectivity index is 2.87. The van der Waals surface area contributed by atoms with Crippen LogP contribution in [0.25, 0.3) is 0 Å². The van der Waals surface area contributed by atoms with E-state index in [-0.39, 0.29) is 5.91 Å². The summed E-state index contributed by atoms with van der Waals surface area (Å²) >= 11 is 5.96. The average molecular weight is 225 g/mol. The largest absolute Gasteiger partial charge is 0.382 e. The van der Waals surface area contributed by atoms with Crippen LogP contribution in [-0.4, -0.2) is 19.5 Å². The van der Waals surface area contributed by atoms with E-state index in [0.717, 1.165) is 5.69 Å². The second kappa shape index (κ2) is 5.41. The number of halogens is 1. The number of hydrogen-bond donors (Lipinski definition) is 2. The summed E-state index contributed by atoms with van der Waals surface area (Å²) in [5, 5.41) is 6.04. The third kappa shape index (κ3) is 2.99. The highest BCUT2D eigenvalue weighted by Gasteiger charge is 2.08. The number of nitrogens with one attached hydrogen (secondary N) is 2. The molecule has 0 saturated carbocycles. The van der Waals surface area contributed by atoms with E-state index in [1.165, 1.54) is 0 Å². The summed E-state index contributed by atoms with van der Waals surface area (Å²) in [4.78, 5) is 11.3. The van der Waals surface area contributed by atoms with Crippen LogP contribution in [0.2, 0.25) is 5.02 Å². The van der Waals surface area contributed by atoms with Crippen molar-refractivity contribution in [2.45, 2.75) is 0 Å². The van der Waals surface area contributed by atoms with Gasteiger partial charge in [0.2, 0.25) is 0 Å². The molecule has 1 aromatic rings. The summed E-state index contributed by atoms with van der Waals surface area (Å²) in [6.45, 7) is 4.26. The first kappa shape index (κ1) is 11.6. The van der Waals surface area contributed by atoms with Crippen molar-refractivity contribution in [2.24, 2.45) is 0 Å². The Morgan fingerprint density at radius 1 is 1.60 bits per heavy atom. The number of anilines is 1. The molecular formula is C11H13ClN2O. The van der Waals surface area contributed by atoms with Crippen LogP contribution in [-0.2, 0) is 0 Å². The summed E-state index contributed by atoms with van der Waals surface area (Å²) in [6.07, 6.45) is 1.75. The molecule has 1 amide bonds. The fraction of sp³-hybridized carbons (Fsp3) is 0.182. The monoisotopic (exact) mass is 224 g/mol. The molecule has 4 heteroatoms. The molecule has 1 rings (SSSR count). The highest BCUT2D eigenvalue weighted by atomic mass is 35.5. The van der Waals surface area contributed by atoms with Gasteiger partial charge in [0.1, 0.15) is 0 Å². The molecule has 15 heavy (non-hydrogen) atoms. The normalized spacial score (nSPS) is 9.47. The van der Waals surface area contributed by atoms with Crippen LogP contribution in [0.4, 0.5) is 5.69 Å². The van der Waals surface area contributed by atoms with Crippen LogP contribution in [0.1, 0.15) is 10.4 Å². The molecule has 0 radical (unpaired) electrons. The molecule has 0 heterocycles. The van der Waals surface area contributed by atoms with E-state index in [4.69, 9.17) is 11.6 Å². The Bertz CT molecular complexity index is 377. The first-order valence-electron chi connectivity index (χ1n) is 4.55. The zero-order valence-electron chi connectivity index (χ0n) is 8.51. The van der Waals surface area contributed by atoms with E-state index in [2.05, 4.69) is 17.2 Å². The van der Waals surface area contributed by atoms with Gasteiger partial charge in [0.15, 0.2) is 0 Å². The minimum Gasteiger partial charge on any atom is -0.382 e. The van der Waals surface area contributed by atoms with Gasteiger partial charge in [-0.15, -0.1) is 6.58 Å². The zero-order valence-corrected chi connectivity index (χ0v) is 9.27. The highest BCUT2D eigenvalue weighted by Crippen LogP contribution is 2.20. The molecule has 3 nitrogen and oxygen atoms in total. The van der Waals surface area contributed by atoms with Gasteiger partial charge in [-0.05, 0) is 18.2 Å². The van der Waals surface area contributed by atoms with Crippen LogP contribution < -0.4 is 10.6 Å². The average Bonchev–Trinajstić information content (AvgIpc) is 2.25. The Kier molecular flexibility index (Phi) is 4.18. The van der Waals surface area contributed by atoms with Crippen molar-refractivity contribution in [2.75, 3.05) is 18.9 Å². The molecule has 0 saturated heterocycles. The van der Waals surface area contributed by atoms with Gasteiger partial charge in [0.05, 0.1) is 10.6 Å². The lowest BCUT2D eigenvalue weighted by Crippen LogP contribution is -2.18. The van der Waals surface area contributed by atoms with Crippen molar-refractivity contribution in [1.82, 2.24) is 5.32 Å². The maximum Gasteiger partial charge on any atom is 0.252 e. The lowest BCUT2D eigenvalue weighted by atomic mass is 10.2. The van der Waals surface area contributed by atoms with E-state index in [9.17, 15) is 4.79 Å². The topological polar surface area (TPSA) is 41.1 Å². The molecule has 0 aliphatic rings. The number of benzene rings is 1. The minimum atomic E-state index is -0.185. The number of carbonyl (C=O) groups is 1. The second-order valence-electron chi connectivity index (χ2n) is 2.94. The molecular weight excluding hydrogens is 212 g/mol. The molecule has 0 fully saturated rings. The number of hydrogen-bond acceptors (Lipinski definition) is 2. The fourth-order valence-electron chi connectivity index (χ4n) is 1.13. The van der Waals surface area contributed by atoms with Crippen molar-refractivity contribution in [3.8, 4) is 0 Å². The van der Waals surface area contributed by atoms with E-state index >= 15 is 0 Å². The maximum absolute atomic E-state index is 11.3. The molecule has 0 unspecified atom stereocenters. The first-order chi connectivity index (χ1) is 7.19. The Morgan fingerprint density at radius 2 is 2.33 bits per heavy atom. The standard InChI is InChI=1S/C11H13ClN2O/c1-3-6-14-8-4-5-9(10(12)7-8)11(15)13-2/h3-5,7,14H,1,6H2,2H3,(H,13,15). The van der Waals surface area contributed by atoms with Crippen molar-refractivity contribution in [3.63, 3.8) is 0 Å². The van der Waals surface area contributed by atoms with Gasteiger partial charge in [-0.25, -0.2) is 0 Å². The van der Waals surface area contributed by atoms with Gasteiger partial charge in [-0.2, -0.15) is 0 Å². The SMILES string of the molecule is C=CCNc1ccc(C(=O)NC)c(Cl)c1. The van der Waals surface area contributed by atoms with Crippen LogP contribution in [0.3, 0.4) is 0 Å². The second-order valence-corrected chi connectivity index (χ2v) is 3.35. The molecule has 2 N–H and O–H groups in total. The van der Waals surface area contributed by atoms with Gasteiger partial charge >= 0.3 is 0 Å². The zero-order chi connectivity index (χ0) is 11.3. The van der Waals surface area contributed by atoms with Gasteiger partial charge in [0.25, 0.3) is 5.91 Å². The summed E-state index contributed by atoms with van der Waals surface area (Å²) in [5.41, 5.74) is 1.34. The van der Waals surface area contributed by atoms with Crippen LogP contribution in [0, 0.1) is 0 Å². The number of amides is 1. The lowest BCUT2D eigenvalue weighted by molar-refractivity contribution is 0.0963. The van der Waals surface area contributed by atoms with E-state index in [1.807, 2.05) is 0 Å². The maximum atomic E-state index is 11.3. The quantitative estimate of drug-likeness (QED) is 0.771. The molecule has 0 aromatic heterocycles. The van der Waals surface area contributed by atoms with Gasteiger partial charge in [0, 0.05) is 19.3 Å². The number of rotatable bonds is 4. The Labute approximate surface area is 94.1 Å². The molecule has 0 aliphatic heterocycles. The molecule has 80 valence electrons. The van der Waals surface area contributed by atoms with Crippen LogP contribution in [0.15, 0.2) is 30.9 Å². The Morgan fingerprint density at radius 3 is 2.87 bits per heavy atom. The van der Waals surface area contributed by atoms with Gasteiger partial charge in [-0.1, -0.05) is 17.7 Å². The molecule has 0 atom stereocenters. The van der Waals surface area contributed by atoms with Crippen molar-refractivity contribution in [3.05, 3.63) is 41.4 Å². The lowest BCUT2D eigenvalue weighted by Gasteiger charge is -2.07. The molecule has 0 bridgehead atoms. The van der Waals surface area contributed by atoms with Crippen molar-refractivity contribution >= 4 is 23.2 Å². The predicted molar refractivity (Wildman–Crippen MR) is 63.5 cm³/mol.